The standard InChI is InChI=1S/C6H4.C4H12N2.H3O4P/c1-2-5-4-6(5)3-1;1-3-6(5)4-2;1-5(2,3)4/h1-4H;3-5H2,1-2H3;(H3,1,2,3,4). The summed E-state index contributed by atoms with van der Waals surface area (Å²) in [4.78, 5) is 21.6. The van der Waals surface area contributed by atoms with Gasteiger partial charge in [0.05, 0.1) is 0 Å². The van der Waals surface area contributed by atoms with E-state index in [1.807, 2.05) is 13.8 Å². The summed E-state index contributed by atoms with van der Waals surface area (Å²) in [5.41, 5.74) is 2.85. The molecule has 0 unspecified atom stereocenters. The third-order valence-electron chi connectivity index (χ3n) is 1.92. The first-order valence-electron chi connectivity index (χ1n) is 5.16. The van der Waals surface area contributed by atoms with E-state index < -0.39 is 7.82 Å². The van der Waals surface area contributed by atoms with Crippen LogP contribution in [-0.2, 0) is 4.57 Å². The Kier molecular flexibility index (Phi) is 7.22. The third-order valence-corrected chi connectivity index (χ3v) is 1.92. The molecule has 0 amide bonds. The van der Waals surface area contributed by atoms with Crippen molar-refractivity contribution in [2.24, 2.45) is 5.84 Å². The van der Waals surface area contributed by atoms with Gasteiger partial charge in [-0.05, 0) is 17.2 Å². The fourth-order valence-electron chi connectivity index (χ4n) is 0.899. The van der Waals surface area contributed by atoms with Crippen molar-refractivity contribution in [2.75, 3.05) is 13.1 Å². The zero-order chi connectivity index (χ0) is 13.5. The quantitative estimate of drug-likeness (QED) is 0.364. The molecule has 0 aliphatic heterocycles. The zero-order valence-electron chi connectivity index (χ0n) is 9.95. The molecule has 5 N–H and O–H groups in total. The summed E-state index contributed by atoms with van der Waals surface area (Å²) in [6.45, 7) is 5.94. The lowest BCUT2D eigenvalue weighted by atomic mass is 10.6. The Morgan fingerprint density at radius 2 is 1.53 bits per heavy atom. The average molecular weight is 262 g/mol. The van der Waals surface area contributed by atoms with Gasteiger partial charge in [0.25, 0.3) is 0 Å². The van der Waals surface area contributed by atoms with Gasteiger partial charge in [0.15, 0.2) is 0 Å². The predicted molar refractivity (Wildman–Crippen MR) is 66.8 cm³/mol. The summed E-state index contributed by atoms with van der Waals surface area (Å²) in [7, 11) is -4.64. The molecular weight excluding hydrogens is 243 g/mol. The highest BCUT2D eigenvalue weighted by Gasteiger charge is 2.06. The monoisotopic (exact) mass is 262 g/mol. The van der Waals surface area contributed by atoms with E-state index in [9.17, 15) is 0 Å². The van der Waals surface area contributed by atoms with Gasteiger partial charge in [-0.3, -0.25) is 5.84 Å². The number of phosphoric acid groups is 1. The molecule has 2 aliphatic rings. The maximum atomic E-state index is 8.88. The van der Waals surface area contributed by atoms with Crippen LogP contribution in [0, 0.1) is 0 Å². The SMILES string of the molecule is CCN(N)CC.O=P(O)(O)O.c1cc2cc-2c1. The highest BCUT2D eigenvalue weighted by Crippen LogP contribution is 2.32. The average Bonchev–Trinajstić information content (AvgIpc) is 2.83. The smallest absolute Gasteiger partial charge is 0.303 e. The minimum absolute atomic E-state index is 0.941. The molecule has 0 radical (unpaired) electrons. The number of benzene rings is 1. The van der Waals surface area contributed by atoms with Crippen molar-refractivity contribution in [1.82, 2.24) is 5.01 Å². The van der Waals surface area contributed by atoms with E-state index in [0.29, 0.717) is 0 Å². The van der Waals surface area contributed by atoms with E-state index in [1.54, 1.807) is 5.01 Å². The molecule has 7 heteroatoms. The van der Waals surface area contributed by atoms with Gasteiger partial charge in [-0.15, -0.1) is 0 Å². The predicted octanol–water partition coefficient (Wildman–Crippen LogP) is 0.940. The van der Waals surface area contributed by atoms with Crippen molar-refractivity contribution in [2.45, 2.75) is 13.8 Å². The second kappa shape index (κ2) is 7.55. The Bertz CT molecular complexity index is 351. The number of nitrogens with two attached hydrogens (primary N) is 1. The number of nitrogens with zero attached hydrogens (tertiary/aromatic N) is 1. The topological polar surface area (TPSA) is 107 Å². The highest BCUT2D eigenvalue weighted by atomic mass is 31.2. The van der Waals surface area contributed by atoms with Crippen LogP contribution in [0.2, 0.25) is 0 Å². The van der Waals surface area contributed by atoms with Crippen molar-refractivity contribution >= 4 is 7.82 Å². The minimum atomic E-state index is -4.64. The lowest BCUT2D eigenvalue weighted by Crippen LogP contribution is -2.29. The lowest BCUT2D eigenvalue weighted by Gasteiger charge is -2.07. The van der Waals surface area contributed by atoms with Gasteiger partial charge in [0.2, 0.25) is 0 Å². The molecule has 0 spiro atoms. The fraction of sp³-hybridized carbons (Fsp3) is 0.400. The van der Waals surface area contributed by atoms with Gasteiger partial charge >= 0.3 is 7.82 Å². The lowest BCUT2D eigenvalue weighted by molar-refractivity contribution is 0.275. The molecule has 98 valence electrons. The molecule has 0 fully saturated rings. The Hall–Kier alpha value is -0.750. The normalized spacial score (nSPS) is 11.0. The van der Waals surface area contributed by atoms with Gasteiger partial charge in [0, 0.05) is 13.1 Å². The Balaban J connectivity index is 0.000000228. The van der Waals surface area contributed by atoms with Gasteiger partial charge in [-0.25, -0.2) is 9.57 Å². The van der Waals surface area contributed by atoms with Gasteiger partial charge < -0.3 is 14.7 Å². The van der Waals surface area contributed by atoms with E-state index in [0.717, 1.165) is 13.1 Å². The van der Waals surface area contributed by atoms with Gasteiger partial charge in [-0.2, -0.15) is 0 Å². The third kappa shape index (κ3) is 11.5. The van der Waals surface area contributed by atoms with E-state index in [4.69, 9.17) is 25.1 Å². The van der Waals surface area contributed by atoms with Crippen LogP contribution in [0.4, 0.5) is 0 Å². The first kappa shape index (κ1) is 16.2. The van der Waals surface area contributed by atoms with Crippen LogP contribution in [0.25, 0.3) is 11.1 Å². The Morgan fingerprint density at radius 1 is 1.18 bits per heavy atom. The van der Waals surface area contributed by atoms with Gasteiger partial charge in [-0.1, -0.05) is 32.0 Å². The molecule has 0 aromatic carbocycles. The molecule has 0 bridgehead atoms. The number of hydrogen-bond acceptors (Lipinski definition) is 3. The highest BCUT2D eigenvalue weighted by molar-refractivity contribution is 7.45. The summed E-state index contributed by atoms with van der Waals surface area (Å²) >= 11 is 0. The Morgan fingerprint density at radius 3 is 1.59 bits per heavy atom. The van der Waals surface area contributed by atoms with Crippen LogP contribution in [-0.4, -0.2) is 32.8 Å². The van der Waals surface area contributed by atoms with Crippen LogP contribution in [0.5, 0.6) is 0 Å². The summed E-state index contributed by atoms with van der Waals surface area (Å²) in [6.07, 6.45) is 0. The molecule has 0 aromatic heterocycles. The van der Waals surface area contributed by atoms with Crippen molar-refractivity contribution in [3.05, 3.63) is 24.3 Å². The molecule has 2 rings (SSSR count). The van der Waals surface area contributed by atoms with E-state index in [-0.39, 0.29) is 0 Å². The molecule has 0 saturated heterocycles. The van der Waals surface area contributed by atoms with E-state index in [2.05, 4.69) is 24.3 Å². The molecule has 6 nitrogen and oxygen atoms in total. The second-order valence-electron chi connectivity index (χ2n) is 3.32. The molecule has 0 saturated carbocycles. The Labute approximate surface area is 101 Å². The number of hydrogen-bond donors (Lipinski definition) is 4. The maximum absolute atomic E-state index is 8.88. The molecule has 17 heavy (non-hydrogen) atoms. The first-order chi connectivity index (χ1) is 7.77. The number of fused-ring (bicyclic) bond motifs is 1. The summed E-state index contributed by atoms with van der Waals surface area (Å²) in [5.74, 6) is 5.31. The van der Waals surface area contributed by atoms with Crippen LogP contribution in [0.1, 0.15) is 13.8 Å². The maximum Gasteiger partial charge on any atom is 0.466 e. The van der Waals surface area contributed by atoms with Gasteiger partial charge in [0.1, 0.15) is 0 Å². The second-order valence-corrected chi connectivity index (χ2v) is 4.34. The van der Waals surface area contributed by atoms with E-state index in [1.165, 1.54) is 11.1 Å². The summed E-state index contributed by atoms with van der Waals surface area (Å²) < 4.78 is 8.88. The van der Waals surface area contributed by atoms with Crippen LogP contribution >= 0.6 is 7.82 Å². The van der Waals surface area contributed by atoms with Crippen molar-refractivity contribution in [3.63, 3.8) is 0 Å². The van der Waals surface area contributed by atoms with Crippen molar-refractivity contribution in [1.29, 1.82) is 0 Å². The molecule has 2 aliphatic carbocycles. The van der Waals surface area contributed by atoms with Crippen LogP contribution < -0.4 is 5.84 Å². The first-order valence-corrected chi connectivity index (χ1v) is 6.72. The van der Waals surface area contributed by atoms with Crippen molar-refractivity contribution < 1.29 is 19.2 Å². The molecule has 0 atom stereocenters. The van der Waals surface area contributed by atoms with Crippen molar-refractivity contribution in [3.8, 4) is 11.1 Å². The largest absolute Gasteiger partial charge is 0.466 e. The fourth-order valence-corrected chi connectivity index (χ4v) is 0.899. The summed E-state index contributed by atoms with van der Waals surface area (Å²) in [5, 5.41) is 1.75. The molecular formula is C10H19N2O4P. The van der Waals surface area contributed by atoms with Crippen LogP contribution in [0.3, 0.4) is 0 Å². The zero-order valence-corrected chi connectivity index (χ0v) is 10.8. The van der Waals surface area contributed by atoms with E-state index >= 15 is 0 Å². The van der Waals surface area contributed by atoms with Crippen LogP contribution in [0.15, 0.2) is 24.3 Å². The number of rotatable bonds is 2. The summed E-state index contributed by atoms with van der Waals surface area (Å²) in [6, 6.07) is 8.48. The molecule has 0 heterocycles. The number of hydrazine groups is 1. The minimum Gasteiger partial charge on any atom is -0.303 e. The molecule has 0 aromatic rings.